The molecule has 0 unspecified atom stereocenters. The topological polar surface area (TPSA) is 15.5 Å². The number of benzene rings is 2. The number of nitrogens with zero attached hydrogens (tertiary/aromatic N) is 2. The van der Waals surface area contributed by atoms with E-state index in [1.54, 1.807) is 7.11 Å². The van der Waals surface area contributed by atoms with Crippen LogP contribution in [0, 0.1) is 6.92 Å². The molecule has 3 nitrogen and oxygen atoms in total. The van der Waals surface area contributed by atoms with Crippen molar-refractivity contribution in [2.24, 2.45) is 0 Å². The van der Waals surface area contributed by atoms with Crippen molar-refractivity contribution >= 4 is 23.2 Å². The number of anilines is 1. The summed E-state index contributed by atoms with van der Waals surface area (Å²) >= 11 is 0. The Labute approximate surface area is 170 Å². The van der Waals surface area contributed by atoms with Gasteiger partial charge >= 0.3 is 0 Å². The summed E-state index contributed by atoms with van der Waals surface area (Å²) < 4.78 is 7.56. The first kappa shape index (κ1) is 20.3. The van der Waals surface area contributed by atoms with Crippen molar-refractivity contribution in [3.63, 3.8) is 0 Å². The van der Waals surface area contributed by atoms with Gasteiger partial charge in [-0.1, -0.05) is 24.3 Å². The minimum atomic E-state index is 0.00878. The Hall–Kier alpha value is -2.39. The molecule has 0 fully saturated rings. The van der Waals surface area contributed by atoms with Gasteiger partial charge < -0.3 is 9.64 Å². The summed E-state index contributed by atoms with van der Waals surface area (Å²) in [6, 6.07) is 15.4. The largest absolute Gasteiger partial charge is 0.383 e. The predicted molar refractivity (Wildman–Crippen MR) is 120 cm³/mol. The van der Waals surface area contributed by atoms with Crippen LogP contribution in [0.15, 0.2) is 48.5 Å². The molecule has 2 aromatic carbocycles. The number of likely N-dealkylation sites (N-methyl/N-ethyl adjacent to an activating group) is 1. The Balaban J connectivity index is 1.86. The maximum Gasteiger partial charge on any atom is 0.209 e. The van der Waals surface area contributed by atoms with Crippen LogP contribution >= 0.6 is 0 Å². The summed E-state index contributed by atoms with van der Waals surface area (Å²) in [6.45, 7) is 11.6. The van der Waals surface area contributed by atoms with Crippen molar-refractivity contribution in [1.29, 1.82) is 0 Å². The number of methoxy groups -OCH3 is 1. The van der Waals surface area contributed by atoms with E-state index < -0.39 is 0 Å². The number of rotatable bonds is 7. The third-order valence-electron chi connectivity index (χ3n) is 5.93. The van der Waals surface area contributed by atoms with E-state index >= 15 is 0 Å². The predicted octanol–water partition coefficient (Wildman–Crippen LogP) is 5.19. The van der Waals surface area contributed by atoms with Gasteiger partial charge in [0.05, 0.1) is 12.0 Å². The van der Waals surface area contributed by atoms with Crippen LogP contribution < -0.4 is 4.90 Å². The van der Waals surface area contributed by atoms with Crippen LogP contribution in [0.1, 0.15) is 37.5 Å². The van der Waals surface area contributed by atoms with Crippen molar-refractivity contribution in [2.75, 3.05) is 38.8 Å². The Bertz CT molecular complexity index is 909. The van der Waals surface area contributed by atoms with Crippen LogP contribution in [-0.2, 0) is 10.2 Å². The molecule has 3 heteroatoms. The zero-order chi connectivity index (χ0) is 20.3. The fraction of sp³-hybridized carbons (Fsp3) is 0.400. The monoisotopic (exact) mass is 377 g/mol. The number of hydrogen-bond donors (Lipinski definition) is 0. The third-order valence-corrected chi connectivity index (χ3v) is 5.93. The van der Waals surface area contributed by atoms with E-state index in [0.29, 0.717) is 0 Å². The summed E-state index contributed by atoms with van der Waals surface area (Å²) in [5, 5.41) is 0. The number of hydrogen-bond acceptors (Lipinski definition) is 2. The zero-order valence-corrected chi connectivity index (χ0v) is 18.1. The van der Waals surface area contributed by atoms with E-state index in [2.05, 4.69) is 98.8 Å². The molecule has 0 spiro atoms. The average Bonchev–Trinajstić information content (AvgIpc) is 2.88. The smallest absolute Gasteiger partial charge is 0.209 e. The van der Waals surface area contributed by atoms with Crippen LogP contribution in [0.3, 0.4) is 0 Å². The molecule has 1 aliphatic rings. The Morgan fingerprint density at radius 2 is 1.86 bits per heavy atom. The van der Waals surface area contributed by atoms with Crippen LogP contribution in [0.4, 0.5) is 11.4 Å². The molecule has 0 radical (unpaired) electrons. The maximum absolute atomic E-state index is 5.24. The molecule has 0 bridgehead atoms. The molecule has 0 atom stereocenters. The fourth-order valence-electron chi connectivity index (χ4n) is 4.19. The Morgan fingerprint density at radius 1 is 1.11 bits per heavy atom. The third kappa shape index (κ3) is 3.77. The number of aryl methyl sites for hydroxylation is 1. The summed E-state index contributed by atoms with van der Waals surface area (Å²) in [7, 11) is 3.92. The van der Waals surface area contributed by atoms with Gasteiger partial charge in [0.25, 0.3) is 0 Å². The van der Waals surface area contributed by atoms with Crippen molar-refractivity contribution < 1.29 is 9.31 Å². The molecule has 0 aliphatic carbocycles. The molecule has 28 heavy (non-hydrogen) atoms. The van der Waals surface area contributed by atoms with E-state index in [1.165, 1.54) is 33.8 Å². The molecular weight excluding hydrogens is 344 g/mol. The molecule has 2 aromatic rings. The molecule has 0 N–H and O–H groups in total. The van der Waals surface area contributed by atoms with Gasteiger partial charge in [0.1, 0.15) is 7.05 Å². The number of ether oxygens (including phenoxy) is 1. The lowest BCUT2D eigenvalue weighted by Crippen LogP contribution is -2.27. The first-order valence-corrected chi connectivity index (χ1v) is 10.1. The van der Waals surface area contributed by atoms with Crippen LogP contribution in [0.5, 0.6) is 0 Å². The molecule has 1 heterocycles. The highest BCUT2D eigenvalue weighted by Crippen LogP contribution is 2.39. The highest BCUT2D eigenvalue weighted by molar-refractivity contribution is 6.05. The van der Waals surface area contributed by atoms with E-state index in [0.717, 1.165) is 19.7 Å². The standard InChI is InChI=1S/C25H33N2O/c1-7-27(16-17-28-6)21-14-12-20(19(2)18-21)13-15-24-25(3,4)22-10-8-9-11-23(22)26(24)5/h8-15,18H,7,16-17H2,1-6H3/q+1. The average molecular weight is 378 g/mol. The summed E-state index contributed by atoms with van der Waals surface area (Å²) in [6.07, 6.45) is 4.54. The molecule has 148 valence electrons. The second-order valence-electron chi connectivity index (χ2n) is 8.03. The van der Waals surface area contributed by atoms with Crippen LogP contribution in [-0.4, -0.2) is 44.1 Å². The first-order valence-electron chi connectivity index (χ1n) is 10.1. The van der Waals surface area contributed by atoms with Gasteiger partial charge in [0.15, 0.2) is 5.71 Å². The van der Waals surface area contributed by atoms with Gasteiger partial charge in [-0.3, -0.25) is 0 Å². The highest BCUT2D eigenvalue weighted by atomic mass is 16.5. The van der Waals surface area contributed by atoms with E-state index in [-0.39, 0.29) is 5.41 Å². The SMILES string of the molecule is CCN(CCOC)c1ccc(/C=C/C2=[N+](C)c3ccccc3C2(C)C)c(C)c1. The Morgan fingerprint density at radius 3 is 2.50 bits per heavy atom. The van der Waals surface area contributed by atoms with E-state index in [9.17, 15) is 0 Å². The van der Waals surface area contributed by atoms with Gasteiger partial charge in [-0.05, 0) is 57.0 Å². The second-order valence-corrected chi connectivity index (χ2v) is 8.03. The van der Waals surface area contributed by atoms with Gasteiger partial charge in [-0.2, -0.15) is 4.58 Å². The molecule has 0 saturated carbocycles. The second kappa shape index (κ2) is 8.32. The van der Waals surface area contributed by atoms with Gasteiger partial charge in [-0.15, -0.1) is 0 Å². The summed E-state index contributed by atoms with van der Waals surface area (Å²) in [5.74, 6) is 0. The van der Waals surface area contributed by atoms with E-state index in [1.807, 2.05) is 0 Å². The van der Waals surface area contributed by atoms with Crippen molar-refractivity contribution in [3.8, 4) is 0 Å². The van der Waals surface area contributed by atoms with Gasteiger partial charge in [0, 0.05) is 43.6 Å². The van der Waals surface area contributed by atoms with E-state index in [4.69, 9.17) is 4.74 Å². The first-order chi connectivity index (χ1) is 13.4. The Kier molecular flexibility index (Phi) is 6.04. The van der Waals surface area contributed by atoms with Crippen LogP contribution in [0.25, 0.3) is 6.08 Å². The number of fused-ring (bicyclic) bond motifs is 1. The molecule has 1 aliphatic heterocycles. The minimum Gasteiger partial charge on any atom is -0.383 e. The molecule has 0 aromatic heterocycles. The van der Waals surface area contributed by atoms with Crippen molar-refractivity contribution in [2.45, 2.75) is 33.1 Å². The van der Waals surface area contributed by atoms with Crippen LogP contribution in [0.2, 0.25) is 0 Å². The zero-order valence-electron chi connectivity index (χ0n) is 18.1. The summed E-state index contributed by atoms with van der Waals surface area (Å²) in [5.41, 5.74) is 7.84. The maximum atomic E-state index is 5.24. The fourth-order valence-corrected chi connectivity index (χ4v) is 4.19. The lowest BCUT2D eigenvalue weighted by molar-refractivity contribution is -0.401. The lowest BCUT2D eigenvalue weighted by atomic mass is 9.81. The molecule has 0 saturated heterocycles. The number of allylic oxidation sites excluding steroid dienone is 1. The summed E-state index contributed by atoms with van der Waals surface area (Å²) in [4.78, 5) is 2.35. The van der Waals surface area contributed by atoms with Crippen molar-refractivity contribution in [3.05, 3.63) is 65.2 Å². The van der Waals surface area contributed by atoms with Gasteiger partial charge in [-0.25, -0.2) is 0 Å². The lowest BCUT2D eigenvalue weighted by Gasteiger charge is -2.23. The minimum absolute atomic E-state index is 0.00878. The molecule has 0 amide bonds. The highest BCUT2D eigenvalue weighted by Gasteiger charge is 2.42. The quantitative estimate of drug-likeness (QED) is 0.617. The number of para-hydroxylation sites is 1. The molecular formula is C25H33N2O+. The normalized spacial score (nSPS) is 15.4. The van der Waals surface area contributed by atoms with Gasteiger partial charge in [0.2, 0.25) is 5.69 Å². The van der Waals surface area contributed by atoms with Crippen molar-refractivity contribution in [1.82, 2.24) is 0 Å². The molecule has 3 rings (SSSR count).